The predicted octanol–water partition coefficient (Wildman–Crippen LogP) is 2.59. The van der Waals surface area contributed by atoms with Crippen molar-refractivity contribution < 1.29 is 13.6 Å². The molecule has 0 aliphatic rings. The number of Topliss-reactive ketones (excluding diaryl/α,β-unsaturated/α-hetero) is 1. The third-order valence-corrected chi connectivity index (χ3v) is 2.77. The van der Waals surface area contributed by atoms with E-state index >= 15 is 0 Å². The molecule has 2 N–H and O–H groups in total. The third-order valence-electron chi connectivity index (χ3n) is 2.77. The molecule has 0 aliphatic carbocycles. The van der Waals surface area contributed by atoms with Gasteiger partial charge in [0.15, 0.2) is 5.78 Å². The minimum absolute atomic E-state index is 0.0581. The number of benzene rings is 1. The summed E-state index contributed by atoms with van der Waals surface area (Å²) in [5.74, 6) is -1.40. The number of halogens is 2. The summed E-state index contributed by atoms with van der Waals surface area (Å²) in [4.78, 5) is 11.9. The lowest BCUT2D eigenvalue weighted by molar-refractivity contribution is -0.123. The van der Waals surface area contributed by atoms with Crippen LogP contribution in [0.15, 0.2) is 18.2 Å². The molecule has 2 nitrogen and oxygen atoms in total. The van der Waals surface area contributed by atoms with Gasteiger partial charge in [0, 0.05) is 6.42 Å². The average molecular weight is 241 g/mol. The lowest BCUT2D eigenvalue weighted by Gasteiger charge is -2.22. The molecule has 0 saturated carbocycles. The number of ketones is 1. The molecule has 0 amide bonds. The van der Waals surface area contributed by atoms with Crippen LogP contribution in [0.25, 0.3) is 0 Å². The van der Waals surface area contributed by atoms with Gasteiger partial charge < -0.3 is 5.73 Å². The first-order chi connectivity index (χ1) is 7.86. The largest absolute Gasteiger partial charge is 0.319 e. The van der Waals surface area contributed by atoms with E-state index in [1.165, 1.54) is 0 Å². The second kappa shape index (κ2) is 5.36. The maximum absolute atomic E-state index is 13.3. The van der Waals surface area contributed by atoms with Crippen molar-refractivity contribution in [3.8, 4) is 0 Å². The van der Waals surface area contributed by atoms with Gasteiger partial charge in [0.1, 0.15) is 11.6 Å². The average Bonchev–Trinajstić information content (AvgIpc) is 2.23. The highest BCUT2D eigenvalue weighted by atomic mass is 19.1. The van der Waals surface area contributed by atoms with E-state index in [9.17, 15) is 13.6 Å². The number of nitrogens with two attached hydrogens (primary N) is 1. The normalized spacial score (nSPS) is 14.4. The Morgan fingerprint density at radius 3 is 2.65 bits per heavy atom. The summed E-state index contributed by atoms with van der Waals surface area (Å²) >= 11 is 0. The summed E-state index contributed by atoms with van der Waals surface area (Å²) in [5, 5.41) is 0. The van der Waals surface area contributed by atoms with E-state index in [1.807, 2.05) is 6.92 Å². The lowest BCUT2D eigenvalue weighted by Crippen LogP contribution is -2.45. The first-order valence-electron chi connectivity index (χ1n) is 5.63. The molecule has 1 aromatic carbocycles. The fourth-order valence-electron chi connectivity index (χ4n) is 1.71. The van der Waals surface area contributed by atoms with Crippen LogP contribution in [0.5, 0.6) is 0 Å². The Labute approximate surface area is 99.8 Å². The summed E-state index contributed by atoms with van der Waals surface area (Å²) in [5.41, 5.74) is 4.92. The number of hydrogen-bond donors (Lipinski definition) is 1. The standard InChI is InChI=1S/C13H17F2NO/c1-3-6-13(2,16)12(17)8-9-7-10(14)4-5-11(9)15/h4-5,7H,3,6,8,16H2,1-2H3. The van der Waals surface area contributed by atoms with Crippen LogP contribution in [-0.4, -0.2) is 11.3 Å². The van der Waals surface area contributed by atoms with Gasteiger partial charge in [0.25, 0.3) is 0 Å². The van der Waals surface area contributed by atoms with Crippen molar-refractivity contribution >= 4 is 5.78 Å². The second-order valence-electron chi connectivity index (χ2n) is 4.50. The minimum Gasteiger partial charge on any atom is -0.319 e. The fraction of sp³-hybridized carbons (Fsp3) is 0.462. The van der Waals surface area contributed by atoms with Crippen LogP contribution in [0.2, 0.25) is 0 Å². The Morgan fingerprint density at radius 1 is 1.41 bits per heavy atom. The van der Waals surface area contributed by atoms with Crippen LogP contribution in [0.3, 0.4) is 0 Å². The summed E-state index contributed by atoms with van der Waals surface area (Å²) in [6, 6.07) is 3.08. The number of carbonyl (C=O) groups excluding carboxylic acids is 1. The van der Waals surface area contributed by atoms with Crippen molar-refractivity contribution in [3.05, 3.63) is 35.4 Å². The van der Waals surface area contributed by atoms with E-state index in [0.717, 1.165) is 24.6 Å². The van der Waals surface area contributed by atoms with E-state index in [4.69, 9.17) is 5.73 Å². The highest BCUT2D eigenvalue weighted by molar-refractivity contribution is 5.89. The molecule has 4 heteroatoms. The van der Waals surface area contributed by atoms with Crippen molar-refractivity contribution in [3.63, 3.8) is 0 Å². The van der Waals surface area contributed by atoms with Crippen molar-refractivity contribution in [2.24, 2.45) is 5.73 Å². The van der Waals surface area contributed by atoms with Gasteiger partial charge in [-0.2, -0.15) is 0 Å². The molecule has 1 aromatic rings. The Balaban J connectivity index is 2.84. The van der Waals surface area contributed by atoms with Crippen LogP contribution in [-0.2, 0) is 11.2 Å². The molecule has 0 spiro atoms. The van der Waals surface area contributed by atoms with Gasteiger partial charge in [-0.25, -0.2) is 8.78 Å². The third kappa shape index (κ3) is 3.60. The predicted molar refractivity (Wildman–Crippen MR) is 62.6 cm³/mol. The summed E-state index contributed by atoms with van der Waals surface area (Å²) in [6.45, 7) is 3.54. The molecule has 0 bridgehead atoms. The molecule has 0 aromatic heterocycles. The van der Waals surface area contributed by atoms with E-state index in [1.54, 1.807) is 6.92 Å². The first-order valence-corrected chi connectivity index (χ1v) is 5.63. The quantitative estimate of drug-likeness (QED) is 0.861. The van der Waals surface area contributed by atoms with Crippen molar-refractivity contribution in [2.45, 2.75) is 38.6 Å². The van der Waals surface area contributed by atoms with Gasteiger partial charge in [-0.15, -0.1) is 0 Å². The molecule has 0 saturated heterocycles. The Morgan fingerprint density at radius 2 is 2.06 bits per heavy atom. The molecular weight excluding hydrogens is 224 g/mol. The topological polar surface area (TPSA) is 43.1 Å². The number of rotatable bonds is 5. The highest BCUT2D eigenvalue weighted by Gasteiger charge is 2.27. The molecule has 0 radical (unpaired) electrons. The van der Waals surface area contributed by atoms with Gasteiger partial charge in [-0.1, -0.05) is 13.3 Å². The van der Waals surface area contributed by atoms with Crippen molar-refractivity contribution in [1.82, 2.24) is 0 Å². The van der Waals surface area contributed by atoms with Gasteiger partial charge in [-0.05, 0) is 37.1 Å². The minimum atomic E-state index is -0.979. The van der Waals surface area contributed by atoms with E-state index in [2.05, 4.69) is 0 Å². The van der Waals surface area contributed by atoms with Crippen LogP contribution in [0.4, 0.5) is 8.78 Å². The summed E-state index contributed by atoms with van der Waals surface area (Å²) in [6.07, 6.45) is 1.13. The zero-order chi connectivity index (χ0) is 13.1. The Hall–Kier alpha value is -1.29. The molecule has 94 valence electrons. The SMILES string of the molecule is CCCC(C)(N)C(=O)Cc1cc(F)ccc1F. The molecule has 1 rings (SSSR count). The summed E-state index contributed by atoms with van der Waals surface area (Å²) in [7, 11) is 0. The Kier molecular flexibility index (Phi) is 4.34. The van der Waals surface area contributed by atoms with Gasteiger partial charge >= 0.3 is 0 Å². The van der Waals surface area contributed by atoms with Gasteiger partial charge in [0.05, 0.1) is 5.54 Å². The second-order valence-corrected chi connectivity index (χ2v) is 4.50. The molecule has 17 heavy (non-hydrogen) atoms. The van der Waals surface area contributed by atoms with Gasteiger partial charge in [-0.3, -0.25) is 4.79 Å². The maximum Gasteiger partial charge on any atom is 0.156 e. The van der Waals surface area contributed by atoms with E-state index in [-0.39, 0.29) is 17.8 Å². The fourth-order valence-corrected chi connectivity index (χ4v) is 1.71. The zero-order valence-corrected chi connectivity index (χ0v) is 10.1. The molecule has 1 atom stereocenters. The van der Waals surface area contributed by atoms with Gasteiger partial charge in [0.2, 0.25) is 0 Å². The van der Waals surface area contributed by atoms with Crippen LogP contribution in [0, 0.1) is 11.6 Å². The number of hydrogen-bond acceptors (Lipinski definition) is 2. The highest BCUT2D eigenvalue weighted by Crippen LogP contribution is 2.16. The first kappa shape index (κ1) is 13.8. The van der Waals surface area contributed by atoms with E-state index in [0.29, 0.717) is 6.42 Å². The smallest absolute Gasteiger partial charge is 0.156 e. The number of carbonyl (C=O) groups is 1. The van der Waals surface area contributed by atoms with Crippen molar-refractivity contribution in [2.75, 3.05) is 0 Å². The molecular formula is C13H17F2NO. The monoisotopic (exact) mass is 241 g/mol. The van der Waals surface area contributed by atoms with Crippen LogP contribution < -0.4 is 5.73 Å². The van der Waals surface area contributed by atoms with E-state index < -0.39 is 17.2 Å². The molecule has 0 aliphatic heterocycles. The molecule has 0 heterocycles. The van der Waals surface area contributed by atoms with Crippen LogP contribution >= 0.6 is 0 Å². The summed E-state index contributed by atoms with van der Waals surface area (Å²) < 4.78 is 26.3. The lowest BCUT2D eigenvalue weighted by atomic mass is 9.88. The Bertz CT molecular complexity index is 416. The zero-order valence-electron chi connectivity index (χ0n) is 10.1. The van der Waals surface area contributed by atoms with Crippen LogP contribution in [0.1, 0.15) is 32.3 Å². The molecule has 0 fully saturated rings. The maximum atomic E-state index is 13.3. The van der Waals surface area contributed by atoms with Crippen molar-refractivity contribution in [1.29, 1.82) is 0 Å². The molecule has 1 unspecified atom stereocenters.